The molecule has 1 heterocycles. The van der Waals surface area contributed by atoms with Crippen molar-refractivity contribution in [2.45, 2.75) is 32.4 Å². The van der Waals surface area contributed by atoms with E-state index in [0.717, 1.165) is 23.1 Å². The van der Waals surface area contributed by atoms with Crippen LogP contribution in [0.3, 0.4) is 0 Å². The largest absolute Gasteiger partial charge is 0.321 e. The lowest BCUT2D eigenvalue weighted by atomic mass is 10.0. The summed E-state index contributed by atoms with van der Waals surface area (Å²) in [6.07, 6.45) is 5.68. The van der Waals surface area contributed by atoms with Gasteiger partial charge in [0.15, 0.2) is 5.78 Å². The number of hydrogen-bond acceptors (Lipinski definition) is 3. The van der Waals surface area contributed by atoms with Crippen molar-refractivity contribution in [1.82, 2.24) is 9.78 Å². The van der Waals surface area contributed by atoms with Crippen LogP contribution in [0, 0.1) is 12.3 Å². The van der Waals surface area contributed by atoms with E-state index in [4.69, 9.17) is 12.2 Å². The predicted octanol–water partition coefficient (Wildman–Crippen LogP) is 1.52. The summed E-state index contributed by atoms with van der Waals surface area (Å²) in [5.74, 6) is 2.35. The maximum atomic E-state index is 12.0. The average Bonchev–Trinajstić information content (AvgIpc) is 2.77. The number of nitrogens with two attached hydrogens (primary N) is 1. The molecule has 2 aromatic rings. The van der Waals surface area contributed by atoms with Gasteiger partial charge in [-0.15, -0.1) is 12.3 Å². The third-order valence-corrected chi connectivity index (χ3v) is 3.13. The first-order chi connectivity index (χ1) is 9.17. The van der Waals surface area contributed by atoms with Crippen LogP contribution in [-0.4, -0.2) is 21.6 Å². The Morgan fingerprint density at radius 2 is 2.26 bits per heavy atom. The van der Waals surface area contributed by atoms with Crippen molar-refractivity contribution in [2.75, 3.05) is 0 Å². The predicted molar refractivity (Wildman–Crippen MR) is 75.5 cm³/mol. The number of aromatic nitrogens is 2. The van der Waals surface area contributed by atoms with Gasteiger partial charge in [-0.2, -0.15) is 5.10 Å². The van der Waals surface area contributed by atoms with Crippen molar-refractivity contribution in [1.29, 1.82) is 0 Å². The summed E-state index contributed by atoms with van der Waals surface area (Å²) < 4.78 is 1.89. The lowest BCUT2D eigenvalue weighted by Gasteiger charge is -2.05. The fourth-order valence-electron chi connectivity index (χ4n) is 2.10. The topological polar surface area (TPSA) is 60.9 Å². The first-order valence-corrected chi connectivity index (χ1v) is 6.33. The van der Waals surface area contributed by atoms with Crippen LogP contribution in [0.25, 0.3) is 10.9 Å². The maximum Gasteiger partial charge on any atom is 0.156 e. The minimum atomic E-state index is -0.601. The zero-order valence-electron chi connectivity index (χ0n) is 11.0. The third-order valence-electron chi connectivity index (χ3n) is 3.13. The minimum Gasteiger partial charge on any atom is -0.321 e. The number of carbonyl (C=O) groups excluding carboxylic acids is 1. The summed E-state index contributed by atoms with van der Waals surface area (Å²) >= 11 is 0. The molecule has 0 saturated heterocycles. The van der Waals surface area contributed by atoms with Gasteiger partial charge in [0.05, 0.1) is 23.7 Å². The Kier molecular flexibility index (Phi) is 3.98. The SMILES string of the molecule is C#CCC(N)C(=O)Cc1nn(CC)c2ccccc12. The zero-order chi connectivity index (χ0) is 13.8. The average molecular weight is 255 g/mol. The fraction of sp³-hybridized carbons (Fsp3) is 0.333. The lowest BCUT2D eigenvalue weighted by molar-refractivity contribution is -0.119. The Labute approximate surface area is 112 Å². The second-order valence-electron chi connectivity index (χ2n) is 4.44. The van der Waals surface area contributed by atoms with Gasteiger partial charge in [-0.25, -0.2) is 0 Å². The van der Waals surface area contributed by atoms with Crippen molar-refractivity contribution in [2.24, 2.45) is 5.73 Å². The standard InChI is InChI=1S/C15H17N3O/c1-3-7-12(16)15(19)10-13-11-8-5-6-9-14(11)18(4-2)17-13/h1,5-6,8-9,12H,4,7,10,16H2,2H3. The van der Waals surface area contributed by atoms with Crippen LogP contribution in [0.1, 0.15) is 19.0 Å². The number of hydrogen-bond donors (Lipinski definition) is 1. The molecule has 0 aliphatic rings. The quantitative estimate of drug-likeness (QED) is 0.824. The Balaban J connectivity index is 2.31. The smallest absolute Gasteiger partial charge is 0.156 e. The molecule has 0 radical (unpaired) electrons. The second-order valence-corrected chi connectivity index (χ2v) is 4.44. The van der Waals surface area contributed by atoms with Gasteiger partial charge in [0.25, 0.3) is 0 Å². The molecule has 1 aromatic heterocycles. The van der Waals surface area contributed by atoms with E-state index < -0.39 is 6.04 Å². The van der Waals surface area contributed by atoms with E-state index in [1.54, 1.807) is 0 Å². The molecule has 0 aliphatic heterocycles. The minimum absolute atomic E-state index is 0.0653. The number of terminal acetylenes is 1. The number of para-hydroxylation sites is 1. The normalized spacial score (nSPS) is 12.3. The van der Waals surface area contributed by atoms with E-state index in [2.05, 4.69) is 11.0 Å². The van der Waals surface area contributed by atoms with E-state index in [1.165, 1.54) is 0 Å². The number of fused-ring (bicyclic) bond motifs is 1. The summed E-state index contributed by atoms with van der Waals surface area (Å²) in [6, 6.07) is 7.28. The van der Waals surface area contributed by atoms with Crippen LogP contribution >= 0.6 is 0 Å². The van der Waals surface area contributed by atoms with Gasteiger partial charge < -0.3 is 5.73 Å². The van der Waals surface area contributed by atoms with Gasteiger partial charge in [0.1, 0.15) is 0 Å². The highest BCUT2D eigenvalue weighted by Gasteiger charge is 2.17. The van der Waals surface area contributed by atoms with Crippen molar-refractivity contribution >= 4 is 16.7 Å². The Hall–Kier alpha value is -2.12. The number of rotatable bonds is 5. The van der Waals surface area contributed by atoms with E-state index >= 15 is 0 Å². The fourth-order valence-corrected chi connectivity index (χ4v) is 2.10. The molecule has 1 unspecified atom stereocenters. The zero-order valence-corrected chi connectivity index (χ0v) is 11.0. The highest BCUT2D eigenvalue weighted by Crippen LogP contribution is 2.19. The molecular weight excluding hydrogens is 238 g/mol. The molecule has 4 heteroatoms. The second kappa shape index (κ2) is 5.68. The van der Waals surface area contributed by atoms with Crippen molar-refractivity contribution in [3.8, 4) is 12.3 Å². The Morgan fingerprint density at radius 1 is 1.53 bits per heavy atom. The van der Waals surface area contributed by atoms with E-state index in [-0.39, 0.29) is 18.6 Å². The molecule has 19 heavy (non-hydrogen) atoms. The molecule has 2 rings (SSSR count). The summed E-state index contributed by atoms with van der Waals surface area (Å²) in [4.78, 5) is 12.0. The van der Waals surface area contributed by atoms with Crippen LogP contribution in [0.4, 0.5) is 0 Å². The molecule has 1 atom stereocenters. The molecule has 1 aromatic carbocycles. The van der Waals surface area contributed by atoms with Crippen molar-refractivity contribution < 1.29 is 4.79 Å². The Bertz CT molecular complexity index is 636. The summed E-state index contributed by atoms with van der Waals surface area (Å²) in [7, 11) is 0. The molecule has 4 nitrogen and oxygen atoms in total. The highest BCUT2D eigenvalue weighted by molar-refractivity contribution is 5.91. The summed E-state index contributed by atoms with van der Waals surface area (Å²) in [5.41, 5.74) is 7.55. The number of aryl methyl sites for hydroxylation is 1. The number of benzene rings is 1. The number of carbonyl (C=O) groups is 1. The molecule has 0 amide bonds. The van der Waals surface area contributed by atoms with Gasteiger partial charge in [-0.05, 0) is 13.0 Å². The maximum absolute atomic E-state index is 12.0. The molecule has 2 N–H and O–H groups in total. The lowest BCUT2D eigenvalue weighted by Crippen LogP contribution is -2.31. The third kappa shape index (κ3) is 2.67. The summed E-state index contributed by atoms with van der Waals surface area (Å²) in [6.45, 7) is 2.79. The highest BCUT2D eigenvalue weighted by atomic mass is 16.1. The monoisotopic (exact) mass is 255 g/mol. The molecule has 0 spiro atoms. The van der Waals surface area contributed by atoms with Gasteiger partial charge in [-0.1, -0.05) is 18.2 Å². The number of ketones is 1. The van der Waals surface area contributed by atoms with E-state index in [9.17, 15) is 4.79 Å². The molecular formula is C15H17N3O. The van der Waals surface area contributed by atoms with Gasteiger partial charge in [0, 0.05) is 18.4 Å². The molecule has 0 fully saturated rings. The first kappa shape index (κ1) is 13.3. The summed E-state index contributed by atoms with van der Waals surface area (Å²) in [5, 5.41) is 5.48. The Morgan fingerprint density at radius 3 is 2.95 bits per heavy atom. The van der Waals surface area contributed by atoms with Gasteiger partial charge >= 0.3 is 0 Å². The van der Waals surface area contributed by atoms with Gasteiger partial charge in [0.2, 0.25) is 0 Å². The number of nitrogens with zero attached hydrogens (tertiary/aromatic N) is 2. The van der Waals surface area contributed by atoms with Crippen molar-refractivity contribution in [3.63, 3.8) is 0 Å². The van der Waals surface area contributed by atoms with Gasteiger partial charge in [-0.3, -0.25) is 9.48 Å². The van der Waals surface area contributed by atoms with E-state index in [0.29, 0.717) is 0 Å². The number of Topliss-reactive ketones (excluding diaryl/α,β-unsaturated/α-hetero) is 1. The molecule has 98 valence electrons. The van der Waals surface area contributed by atoms with Crippen LogP contribution in [0.5, 0.6) is 0 Å². The van der Waals surface area contributed by atoms with Crippen LogP contribution in [-0.2, 0) is 17.8 Å². The first-order valence-electron chi connectivity index (χ1n) is 6.33. The molecule has 0 saturated carbocycles. The molecule has 0 aliphatic carbocycles. The van der Waals surface area contributed by atoms with Crippen molar-refractivity contribution in [3.05, 3.63) is 30.0 Å². The molecule has 0 bridgehead atoms. The van der Waals surface area contributed by atoms with E-state index in [1.807, 2.05) is 35.9 Å². The van der Waals surface area contributed by atoms with Crippen LogP contribution < -0.4 is 5.73 Å². The van der Waals surface area contributed by atoms with Crippen LogP contribution in [0.2, 0.25) is 0 Å². The van der Waals surface area contributed by atoms with Crippen LogP contribution in [0.15, 0.2) is 24.3 Å².